The van der Waals surface area contributed by atoms with E-state index in [2.05, 4.69) is 44.0 Å². The molecule has 3 aromatic rings. The predicted octanol–water partition coefficient (Wildman–Crippen LogP) is 4.46. The SMILES string of the molecule is Cc1cc(C)c(CC(N)c2nc3ccccc3s2)cc1C. The summed E-state index contributed by atoms with van der Waals surface area (Å²) in [5, 5.41) is 1.02. The molecular formula is C18H20N2S. The Hall–Kier alpha value is -1.71. The fourth-order valence-corrected chi connectivity index (χ4v) is 3.58. The zero-order chi connectivity index (χ0) is 15.0. The first-order chi connectivity index (χ1) is 10.0. The minimum Gasteiger partial charge on any atom is -0.322 e. The second kappa shape index (κ2) is 5.58. The van der Waals surface area contributed by atoms with Crippen molar-refractivity contribution in [1.29, 1.82) is 0 Å². The van der Waals surface area contributed by atoms with Crippen molar-refractivity contribution in [2.45, 2.75) is 33.2 Å². The van der Waals surface area contributed by atoms with Crippen molar-refractivity contribution < 1.29 is 0 Å². The van der Waals surface area contributed by atoms with Crippen LogP contribution in [0.3, 0.4) is 0 Å². The third-order valence-electron chi connectivity index (χ3n) is 4.02. The van der Waals surface area contributed by atoms with E-state index in [0.717, 1.165) is 16.9 Å². The standard InChI is InChI=1S/C18H20N2S/c1-11-8-13(3)14(9-12(11)2)10-15(19)18-20-16-6-4-5-7-17(16)21-18/h4-9,15H,10,19H2,1-3H3. The molecule has 1 aromatic heterocycles. The first kappa shape index (κ1) is 14.2. The Bertz CT molecular complexity index is 756. The van der Waals surface area contributed by atoms with Gasteiger partial charge in [-0.1, -0.05) is 24.3 Å². The first-order valence-corrected chi connectivity index (χ1v) is 8.04. The third-order valence-corrected chi connectivity index (χ3v) is 5.19. The van der Waals surface area contributed by atoms with E-state index >= 15 is 0 Å². The molecule has 0 spiro atoms. The Morgan fingerprint density at radius 1 is 1.05 bits per heavy atom. The van der Waals surface area contributed by atoms with Gasteiger partial charge in [0.05, 0.1) is 16.3 Å². The molecule has 2 nitrogen and oxygen atoms in total. The van der Waals surface area contributed by atoms with E-state index in [4.69, 9.17) is 5.73 Å². The van der Waals surface area contributed by atoms with E-state index in [1.54, 1.807) is 11.3 Å². The second-order valence-corrected chi connectivity index (χ2v) is 6.76. The van der Waals surface area contributed by atoms with Crippen molar-refractivity contribution in [3.63, 3.8) is 0 Å². The monoisotopic (exact) mass is 296 g/mol. The molecule has 108 valence electrons. The molecule has 21 heavy (non-hydrogen) atoms. The lowest BCUT2D eigenvalue weighted by Crippen LogP contribution is -2.14. The van der Waals surface area contributed by atoms with Crippen molar-refractivity contribution in [2.24, 2.45) is 5.73 Å². The maximum atomic E-state index is 6.40. The van der Waals surface area contributed by atoms with Gasteiger partial charge in [-0.25, -0.2) is 4.98 Å². The highest BCUT2D eigenvalue weighted by molar-refractivity contribution is 7.18. The van der Waals surface area contributed by atoms with E-state index in [-0.39, 0.29) is 6.04 Å². The molecule has 3 heteroatoms. The van der Waals surface area contributed by atoms with Gasteiger partial charge in [-0.05, 0) is 61.6 Å². The summed E-state index contributed by atoms with van der Waals surface area (Å²) in [5.41, 5.74) is 12.7. The topological polar surface area (TPSA) is 38.9 Å². The largest absolute Gasteiger partial charge is 0.322 e. The number of nitrogens with zero attached hydrogens (tertiary/aromatic N) is 1. The minimum atomic E-state index is -0.0387. The zero-order valence-electron chi connectivity index (χ0n) is 12.7. The number of aryl methyl sites for hydroxylation is 3. The average molecular weight is 296 g/mol. The Balaban J connectivity index is 1.89. The molecule has 0 saturated carbocycles. The lowest BCUT2D eigenvalue weighted by atomic mass is 9.96. The summed E-state index contributed by atoms with van der Waals surface area (Å²) in [6.45, 7) is 6.47. The zero-order valence-corrected chi connectivity index (χ0v) is 13.5. The summed E-state index contributed by atoms with van der Waals surface area (Å²) in [5.74, 6) is 0. The number of nitrogens with two attached hydrogens (primary N) is 1. The van der Waals surface area contributed by atoms with Crippen LogP contribution in [0, 0.1) is 20.8 Å². The summed E-state index contributed by atoms with van der Waals surface area (Å²) in [6.07, 6.45) is 0.840. The van der Waals surface area contributed by atoms with Gasteiger partial charge in [-0.2, -0.15) is 0 Å². The quantitative estimate of drug-likeness (QED) is 0.774. The molecule has 0 aliphatic heterocycles. The lowest BCUT2D eigenvalue weighted by molar-refractivity contribution is 0.713. The highest BCUT2D eigenvalue weighted by Crippen LogP contribution is 2.28. The van der Waals surface area contributed by atoms with Crippen molar-refractivity contribution in [1.82, 2.24) is 4.98 Å². The molecule has 0 bridgehead atoms. The van der Waals surface area contributed by atoms with Crippen LogP contribution in [-0.4, -0.2) is 4.98 Å². The fourth-order valence-electron chi connectivity index (χ4n) is 2.61. The van der Waals surface area contributed by atoms with Crippen LogP contribution in [0.2, 0.25) is 0 Å². The van der Waals surface area contributed by atoms with Crippen molar-refractivity contribution >= 4 is 21.6 Å². The van der Waals surface area contributed by atoms with Gasteiger partial charge >= 0.3 is 0 Å². The molecule has 0 aliphatic carbocycles. The van der Waals surface area contributed by atoms with E-state index < -0.39 is 0 Å². The van der Waals surface area contributed by atoms with Crippen LogP contribution in [0.4, 0.5) is 0 Å². The van der Waals surface area contributed by atoms with Crippen LogP contribution < -0.4 is 5.73 Å². The number of hydrogen-bond acceptors (Lipinski definition) is 3. The molecule has 0 radical (unpaired) electrons. The molecule has 0 amide bonds. The Morgan fingerprint density at radius 3 is 2.52 bits per heavy atom. The van der Waals surface area contributed by atoms with Crippen molar-refractivity contribution in [2.75, 3.05) is 0 Å². The average Bonchev–Trinajstić information content (AvgIpc) is 2.88. The predicted molar refractivity (Wildman–Crippen MR) is 90.9 cm³/mol. The van der Waals surface area contributed by atoms with E-state index in [1.807, 2.05) is 18.2 Å². The van der Waals surface area contributed by atoms with Gasteiger partial charge in [0.25, 0.3) is 0 Å². The summed E-state index contributed by atoms with van der Waals surface area (Å²) in [6, 6.07) is 12.7. The minimum absolute atomic E-state index is 0.0387. The Morgan fingerprint density at radius 2 is 1.76 bits per heavy atom. The molecular weight excluding hydrogens is 276 g/mol. The number of hydrogen-bond donors (Lipinski definition) is 1. The van der Waals surface area contributed by atoms with Crippen LogP contribution in [-0.2, 0) is 6.42 Å². The van der Waals surface area contributed by atoms with Crippen LogP contribution in [0.15, 0.2) is 36.4 Å². The number of rotatable bonds is 3. The molecule has 0 saturated heterocycles. The Kier molecular flexibility index (Phi) is 3.79. The summed E-state index contributed by atoms with van der Waals surface area (Å²) in [7, 11) is 0. The van der Waals surface area contributed by atoms with Gasteiger partial charge in [0, 0.05) is 0 Å². The lowest BCUT2D eigenvalue weighted by Gasteiger charge is -2.13. The fraction of sp³-hybridized carbons (Fsp3) is 0.278. The summed E-state index contributed by atoms with van der Waals surface area (Å²) >= 11 is 1.70. The maximum absolute atomic E-state index is 6.40. The molecule has 1 unspecified atom stereocenters. The Labute approximate surface area is 129 Å². The molecule has 2 aromatic carbocycles. The molecule has 1 atom stereocenters. The number of thiazole rings is 1. The number of benzene rings is 2. The van der Waals surface area contributed by atoms with Crippen molar-refractivity contribution in [3.8, 4) is 0 Å². The van der Waals surface area contributed by atoms with E-state index in [0.29, 0.717) is 0 Å². The maximum Gasteiger partial charge on any atom is 0.111 e. The normalized spacial score (nSPS) is 12.8. The van der Waals surface area contributed by atoms with Gasteiger partial charge in [0.1, 0.15) is 5.01 Å². The number of para-hydroxylation sites is 1. The van der Waals surface area contributed by atoms with Crippen LogP contribution in [0.5, 0.6) is 0 Å². The van der Waals surface area contributed by atoms with Crippen LogP contribution in [0.1, 0.15) is 33.3 Å². The third kappa shape index (κ3) is 2.85. The second-order valence-electron chi connectivity index (χ2n) is 5.69. The molecule has 3 rings (SSSR count). The van der Waals surface area contributed by atoms with Crippen molar-refractivity contribution in [3.05, 3.63) is 63.7 Å². The number of fused-ring (bicyclic) bond motifs is 1. The molecule has 1 heterocycles. The van der Waals surface area contributed by atoms with Gasteiger partial charge < -0.3 is 5.73 Å². The van der Waals surface area contributed by atoms with E-state index in [9.17, 15) is 0 Å². The smallest absolute Gasteiger partial charge is 0.111 e. The highest BCUT2D eigenvalue weighted by Gasteiger charge is 2.14. The summed E-state index contributed by atoms with van der Waals surface area (Å²) in [4.78, 5) is 4.67. The van der Waals surface area contributed by atoms with E-state index in [1.165, 1.54) is 27.0 Å². The highest BCUT2D eigenvalue weighted by atomic mass is 32.1. The molecule has 0 fully saturated rings. The molecule has 2 N–H and O–H groups in total. The van der Waals surface area contributed by atoms with Crippen LogP contribution in [0.25, 0.3) is 10.2 Å². The first-order valence-electron chi connectivity index (χ1n) is 7.22. The number of aromatic nitrogens is 1. The van der Waals surface area contributed by atoms with Gasteiger partial charge in [0.15, 0.2) is 0 Å². The van der Waals surface area contributed by atoms with Gasteiger partial charge in [-0.3, -0.25) is 0 Å². The van der Waals surface area contributed by atoms with Gasteiger partial charge in [0.2, 0.25) is 0 Å². The molecule has 0 aliphatic rings. The van der Waals surface area contributed by atoms with Crippen LogP contribution >= 0.6 is 11.3 Å². The summed E-state index contributed by atoms with van der Waals surface area (Å²) < 4.78 is 1.21. The van der Waals surface area contributed by atoms with Gasteiger partial charge in [-0.15, -0.1) is 11.3 Å².